The number of nitrogens with one attached hydrogen (secondary N) is 1. The van der Waals surface area contributed by atoms with Crippen LogP contribution in [-0.2, 0) is 22.7 Å². The highest BCUT2D eigenvalue weighted by molar-refractivity contribution is 6.32. The number of imide groups is 1. The molecule has 41 heavy (non-hydrogen) atoms. The monoisotopic (exact) mass is 624 g/mol. The van der Waals surface area contributed by atoms with Crippen LogP contribution in [0.15, 0.2) is 43.0 Å². The molecule has 2 saturated heterocycles. The average molecular weight is 626 g/mol. The summed E-state index contributed by atoms with van der Waals surface area (Å²) in [7, 11) is 0. The van der Waals surface area contributed by atoms with Gasteiger partial charge < -0.3 is 9.88 Å². The lowest BCUT2D eigenvalue weighted by Crippen LogP contribution is -2.45. The third-order valence-corrected chi connectivity index (χ3v) is 8.85. The predicted molar refractivity (Wildman–Crippen MR) is 156 cm³/mol. The van der Waals surface area contributed by atoms with Crippen LogP contribution >= 0.6 is 36.4 Å². The van der Waals surface area contributed by atoms with E-state index in [0.29, 0.717) is 29.3 Å². The number of hydrogen-bond acceptors (Lipinski definition) is 5. The van der Waals surface area contributed by atoms with E-state index in [-0.39, 0.29) is 79.3 Å². The molecule has 0 bridgehead atoms. The van der Waals surface area contributed by atoms with Crippen LogP contribution in [0.2, 0.25) is 5.02 Å². The van der Waals surface area contributed by atoms with Gasteiger partial charge in [0, 0.05) is 47.9 Å². The van der Waals surface area contributed by atoms with Gasteiger partial charge in [0.05, 0.1) is 41.7 Å². The van der Waals surface area contributed by atoms with E-state index in [2.05, 4.69) is 15.4 Å². The third-order valence-electron chi connectivity index (χ3n) is 8.63. The Labute approximate surface area is 252 Å². The Hall–Kier alpha value is -2.79. The van der Waals surface area contributed by atoms with Gasteiger partial charge in [0.2, 0.25) is 11.8 Å². The summed E-state index contributed by atoms with van der Waals surface area (Å²) in [6, 6.07) is 7.49. The lowest BCUT2D eigenvalue weighted by Gasteiger charge is -2.30. The normalized spacial score (nSPS) is 24.3. The summed E-state index contributed by atoms with van der Waals surface area (Å²) in [6.07, 6.45) is 4.97. The van der Waals surface area contributed by atoms with E-state index in [4.69, 9.17) is 11.6 Å². The van der Waals surface area contributed by atoms with E-state index >= 15 is 0 Å². The molecule has 4 aromatic rings. The minimum atomic E-state index is -2.73. The summed E-state index contributed by atoms with van der Waals surface area (Å²) in [5.41, 5.74) is 3.43. The Kier molecular flexibility index (Phi) is 7.38. The van der Waals surface area contributed by atoms with Crippen LogP contribution in [0.25, 0.3) is 27.7 Å². The molecule has 1 N–H and O–H groups in total. The zero-order valence-electron chi connectivity index (χ0n) is 22.3. The van der Waals surface area contributed by atoms with Crippen LogP contribution in [0.5, 0.6) is 0 Å². The molecule has 3 aliphatic rings. The van der Waals surface area contributed by atoms with E-state index in [0.717, 1.165) is 22.0 Å². The first-order valence-corrected chi connectivity index (χ1v) is 13.5. The van der Waals surface area contributed by atoms with Gasteiger partial charge in [0.1, 0.15) is 6.33 Å². The van der Waals surface area contributed by atoms with E-state index in [1.807, 2.05) is 48.9 Å². The van der Waals surface area contributed by atoms with Crippen LogP contribution in [0.1, 0.15) is 25.8 Å². The molecule has 13 heteroatoms. The quantitative estimate of drug-likeness (QED) is 0.307. The van der Waals surface area contributed by atoms with Crippen molar-refractivity contribution in [3.8, 4) is 11.3 Å². The van der Waals surface area contributed by atoms with E-state index in [1.54, 1.807) is 10.7 Å². The Bertz CT molecular complexity index is 1660. The fourth-order valence-electron chi connectivity index (χ4n) is 6.70. The van der Waals surface area contributed by atoms with Crippen molar-refractivity contribution >= 4 is 64.6 Å². The van der Waals surface area contributed by atoms with Crippen LogP contribution in [-0.4, -0.2) is 54.9 Å². The molecule has 218 valence electrons. The number of benzene rings is 1. The van der Waals surface area contributed by atoms with Crippen LogP contribution in [0.3, 0.4) is 0 Å². The Morgan fingerprint density at radius 2 is 1.85 bits per heavy atom. The van der Waals surface area contributed by atoms with Crippen LogP contribution in [0.4, 0.5) is 8.78 Å². The summed E-state index contributed by atoms with van der Waals surface area (Å²) >= 11 is 6.50. The fourth-order valence-corrected chi connectivity index (χ4v) is 6.92. The van der Waals surface area contributed by atoms with Crippen molar-refractivity contribution in [1.29, 1.82) is 0 Å². The van der Waals surface area contributed by atoms with Gasteiger partial charge in [-0.3, -0.25) is 14.5 Å². The second-order valence-corrected chi connectivity index (χ2v) is 12.2. The fraction of sp³-hybridized carbons (Fsp3) is 0.429. The average Bonchev–Trinajstić information content (AvgIpc) is 3.21. The highest BCUT2D eigenvalue weighted by atomic mass is 35.5. The minimum absolute atomic E-state index is 0. The van der Waals surface area contributed by atoms with E-state index < -0.39 is 5.92 Å². The SMILES string of the molecule is CC1(C)C2C(=O)N(Cc3cc4c(-c5cc(Cl)cc6ccn(CC7CNCC(F)(F)C7)c56)ncnn4c3)C(=O)C21.Cl.Cl. The Morgan fingerprint density at radius 3 is 2.56 bits per heavy atom. The number of halogens is 5. The van der Waals surface area contributed by atoms with Crippen molar-refractivity contribution in [3.05, 3.63) is 53.6 Å². The molecule has 3 unspecified atom stereocenters. The van der Waals surface area contributed by atoms with Gasteiger partial charge in [-0.2, -0.15) is 5.10 Å². The number of piperidine rings is 2. The number of likely N-dealkylation sites (tertiary alicyclic amines) is 1. The maximum Gasteiger partial charge on any atom is 0.260 e. The molecule has 3 fully saturated rings. The van der Waals surface area contributed by atoms with Gasteiger partial charge >= 0.3 is 0 Å². The summed E-state index contributed by atoms with van der Waals surface area (Å²) < 4.78 is 31.8. The van der Waals surface area contributed by atoms with Crippen molar-refractivity contribution in [2.75, 3.05) is 13.1 Å². The third kappa shape index (κ3) is 4.78. The number of amides is 2. The highest BCUT2D eigenvalue weighted by Crippen LogP contribution is 2.63. The molecule has 1 aliphatic carbocycles. The van der Waals surface area contributed by atoms with Gasteiger partial charge in [0.25, 0.3) is 5.92 Å². The van der Waals surface area contributed by atoms with Crippen molar-refractivity contribution in [2.45, 2.75) is 39.3 Å². The maximum absolute atomic E-state index is 14.1. The Balaban J connectivity index is 0.00000169. The second-order valence-electron chi connectivity index (χ2n) is 11.7. The summed E-state index contributed by atoms with van der Waals surface area (Å²) in [5.74, 6) is -3.66. The first kappa shape index (κ1) is 29.7. The van der Waals surface area contributed by atoms with Gasteiger partial charge in [-0.25, -0.2) is 18.3 Å². The van der Waals surface area contributed by atoms with Gasteiger partial charge in [-0.15, -0.1) is 24.8 Å². The number of aromatic nitrogens is 4. The standard InChI is InChI=1S/C28H27ClF2N6O2.2ClH/c1-27(2)21-22(27)26(39)36(25(21)38)11-15-5-20-23(33-14-34-37(20)12-15)19-7-18(29)6-17-3-4-35(24(17)19)10-16-8-28(30,31)13-32-9-16;;/h3-7,12,14,16,21-22,32H,8-11,13H2,1-2H3;2*1H. The molecule has 1 aromatic carbocycles. The minimum Gasteiger partial charge on any atom is -0.347 e. The van der Waals surface area contributed by atoms with Gasteiger partial charge in [-0.05, 0) is 41.2 Å². The molecular formula is C28H29Cl3F2N6O2. The second kappa shape index (κ2) is 10.2. The first-order chi connectivity index (χ1) is 18.5. The van der Waals surface area contributed by atoms with Crippen molar-refractivity contribution in [3.63, 3.8) is 0 Å². The largest absolute Gasteiger partial charge is 0.347 e. The summed E-state index contributed by atoms with van der Waals surface area (Å²) in [4.78, 5) is 31.7. The number of fused-ring (bicyclic) bond motifs is 3. The van der Waals surface area contributed by atoms with Crippen molar-refractivity contribution < 1.29 is 18.4 Å². The zero-order valence-corrected chi connectivity index (χ0v) is 24.7. The molecule has 7 rings (SSSR count). The number of rotatable bonds is 5. The lowest BCUT2D eigenvalue weighted by atomic mass is 9.96. The van der Waals surface area contributed by atoms with E-state index in [9.17, 15) is 18.4 Å². The zero-order chi connectivity index (χ0) is 27.3. The molecule has 5 heterocycles. The lowest BCUT2D eigenvalue weighted by molar-refractivity contribution is -0.143. The molecule has 2 amide bonds. The highest BCUT2D eigenvalue weighted by Gasteiger charge is 2.72. The van der Waals surface area contributed by atoms with Gasteiger partial charge in [-0.1, -0.05) is 25.4 Å². The van der Waals surface area contributed by atoms with Crippen molar-refractivity contribution in [1.82, 2.24) is 29.4 Å². The molecule has 1 saturated carbocycles. The van der Waals surface area contributed by atoms with E-state index in [1.165, 1.54) is 11.2 Å². The summed E-state index contributed by atoms with van der Waals surface area (Å²) in [5, 5.41) is 8.62. The first-order valence-electron chi connectivity index (χ1n) is 13.1. The molecular weight excluding hydrogens is 597 g/mol. The van der Waals surface area contributed by atoms with Crippen LogP contribution in [0, 0.1) is 23.2 Å². The predicted octanol–water partition coefficient (Wildman–Crippen LogP) is 5.23. The van der Waals surface area contributed by atoms with Crippen LogP contribution < -0.4 is 5.32 Å². The molecule has 3 aromatic heterocycles. The smallest absolute Gasteiger partial charge is 0.260 e. The van der Waals surface area contributed by atoms with Gasteiger partial charge in [0.15, 0.2) is 0 Å². The number of carbonyl (C=O) groups is 2. The number of alkyl halides is 2. The molecule has 0 spiro atoms. The topological polar surface area (TPSA) is 84.5 Å². The number of nitrogens with zero attached hydrogens (tertiary/aromatic N) is 5. The molecule has 3 atom stereocenters. The molecule has 2 aliphatic heterocycles. The number of hydrogen-bond donors (Lipinski definition) is 1. The molecule has 0 radical (unpaired) electrons. The number of carbonyl (C=O) groups excluding carboxylic acids is 2. The van der Waals surface area contributed by atoms with Crippen molar-refractivity contribution in [2.24, 2.45) is 23.2 Å². The maximum atomic E-state index is 14.1. The molecule has 8 nitrogen and oxygen atoms in total. The Morgan fingerprint density at radius 1 is 1.12 bits per heavy atom. The summed E-state index contributed by atoms with van der Waals surface area (Å²) in [6.45, 7) is 4.74.